The second-order valence-electron chi connectivity index (χ2n) is 9.20. The third-order valence-electron chi connectivity index (χ3n) is 5.28. The molecule has 1 aromatic carbocycles. The summed E-state index contributed by atoms with van der Waals surface area (Å²) in [5.41, 5.74) is 3.32. The quantitative estimate of drug-likeness (QED) is 0.470. The Labute approximate surface area is 206 Å². The van der Waals surface area contributed by atoms with Crippen molar-refractivity contribution in [2.45, 2.75) is 59.0 Å². The number of pyridine rings is 1. The molecule has 1 amide bonds. The zero-order chi connectivity index (χ0) is 24.3. The Morgan fingerprint density at radius 3 is 2.59 bits per heavy atom. The summed E-state index contributed by atoms with van der Waals surface area (Å²) in [6.07, 6.45) is 3.58. The van der Waals surface area contributed by atoms with Crippen LogP contribution in [0.15, 0.2) is 58.1 Å². The van der Waals surface area contributed by atoms with Gasteiger partial charge in [-0.2, -0.15) is 5.10 Å². The Balaban J connectivity index is 1.33. The molecule has 0 N–H and O–H groups in total. The van der Waals surface area contributed by atoms with Gasteiger partial charge in [-0.05, 0) is 71.9 Å². The minimum atomic E-state index is -0.520. The minimum absolute atomic E-state index is 0.224. The maximum Gasteiger partial charge on any atom is 0.410 e. The first-order chi connectivity index (χ1) is 16.2. The van der Waals surface area contributed by atoms with Crippen LogP contribution in [0.3, 0.4) is 0 Å². The summed E-state index contributed by atoms with van der Waals surface area (Å²) in [6, 6.07) is 11.3. The molecule has 3 aromatic rings. The van der Waals surface area contributed by atoms with E-state index in [2.05, 4.69) is 32.1 Å². The third-order valence-corrected chi connectivity index (χ3v) is 5.75. The van der Waals surface area contributed by atoms with Crippen LogP contribution in [-0.4, -0.2) is 31.4 Å². The lowest BCUT2D eigenvalue weighted by Gasteiger charge is -2.24. The molecule has 0 radical (unpaired) electrons. The fourth-order valence-electron chi connectivity index (χ4n) is 3.61. The monoisotopic (exact) mass is 526 g/mol. The van der Waals surface area contributed by atoms with Gasteiger partial charge in [-0.3, -0.25) is 14.7 Å². The predicted molar refractivity (Wildman–Crippen MR) is 130 cm³/mol. The Kier molecular flexibility index (Phi) is 7.02. The number of carbonyl (C=O) groups excluding carboxylic acids is 1. The number of ether oxygens (including phenoxy) is 2. The smallest absolute Gasteiger partial charge is 0.410 e. The summed E-state index contributed by atoms with van der Waals surface area (Å²) in [4.78, 5) is 30.8. The molecule has 0 fully saturated rings. The van der Waals surface area contributed by atoms with Gasteiger partial charge in [0.1, 0.15) is 18.0 Å². The highest BCUT2D eigenvalue weighted by Crippen LogP contribution is 2.26. The Bertz CT molecular complexity index is 1230. The zero-order valence-electron chi connectivity index (χ0n) is 19.5. The minimum Gasteiger partial charge on any atom is -0.485 e. The second-order valence-corrected chi connectivity index (χ2v) is 10.1. The molecule has 0 spiro atoms. The van der Waals surface area contributed by atoms with Gasteiger partial charge in [0.25, 0.3) is 5.56 Å². The highest BCUT2D eigenvalue weighted by Gasteiger charge is 2.27. The molecule has 0 bridgehead atoms. The van der Waals surface area contributed by atoms with Crippen molar-refractivity contribution in [3.63, 3.8) is 0 Å². The largest absolute Gasteiger partial charge is 0.485 e. The molecular weight excluding hydrogens is 500 g/mol. The van der Waals surface area contributed by atoms with E-state index >= 15 is 0 Å². The Morgan fingerprint density at radius 2 is 1.88 bits per heavy atom. The standard InChI is InChI=1S/C25H27BrN4O4/c1-25(2,3)34-24(32)29-14-18-5-4-17(10-19(18)15-29)8-9-30-23(31)11-22(13-28-30)33-16-21-7-6-20(26)12-27-21/h4-7,10-13H,8-9,14-16H2,1-3H3. The number of benzene rings is 1. The van der Waals surface area contributed by atoms with Crippen LogP contribution in [0, 0.1) is 0 Å². The second kappa shape index (κ2) is 9.97. The van der Waals surface area contributed by atoms with Crippen LogP contribution in [0.5, 0.6) is 5.75 Å². The number of aryl methyl sites for hydroxylation is 2. The van der Waals surface area contributed by atoms with Gasteiger partial charge in [0.05, 0.1) is 11.9 Å². The lowest BCUT2D eigenvalue weighted by molar-refractivity contribution is 0.0242. The highest BCUT2D eigenvalue weighted by molar-refractivity contribution is 9.10. The first-order valence-electron chi connectivity index (χ1n) is 11.1. The maximum atomic E-state index is 12.5. The van der Waals surface area contributed by atoms with E-state index < -0.39 is 5.60 Å². The van der Waals surface area contributed by atoms with Gasteiger partial charge < -0.3 is 9.47 Å². The Hall–Kier alpha value is -3.20. The van der Waals surface area contributed by atoms with Gasteiger partial charge in [-0.25, -0.2) is 9.48 Å². The van der Waals surface area contributed by atoms with Gasteiger partial charge in [-0.1, -0.05) is 18.2 Å². The number of rotatable bonds is 6. The Morgan fingerprint density at radius 1 is 1.09 bits per heavy atom. The van der Waals surface area contributed by atoms with Crippen LogP contribution >= 0.6 is 15.9 Å². The van der Waals surface area contributed by atoms with Gasteiger partial charge >= 0.3 is 6.09 Å². The molecule has 0 unspecified atom stereocenters. The normalized spacial score (nSPS) is 13.0. The molecule has 0 saturated heterocycles. The van der Waals surface area contributed by atoms with Crippen molar-refractivity contribution in [1.82, 2.24) is 19.7 Å². The highest BCUT2D eigenvalue weighted by atomic mass is 79.9. The lowest BCUT2D eigenvalue weighted by atomic mass is 10.0. The average molecular weight is 527 g/mol. The summed E-state index contributed by atoms with van der Waals surface area (Å²) in [7, 11) is 0. The van der Waals surface area contributed by atoms with Crippen LogP contribution in [0.2, 0.25) is 0 Å². The fourth-order valence-corrected chi connectivity index (χ4v) is 3.84. The molecule has 1 aliphatic heterocycles. The summed E-state index contributed by atoms with van der Waals surface area (Å²) < 4.78 is 13.4. The molecule has 0 atom stereocenters. The van der Waals surface area contributed by atoms with Crippen LogP contribution in [0.1, 0.15) is 43.2 Å². The average Bonchev–Trinajstić information content (AvgIpc) is 3.21. The number of halogens is 1. The predicted octanol–water partition coefficient (Wildman–Crippen LogP) is 4.47. The van der Waals surface area contributed by atoms with E-state index in [1.807, 2.05) is 45.0 Å². The summed E-state index contributed by atoms with van der Waals surface area (Å²) in [5, 5.41) is 4.24. The number of fused-ring (bicyclic) bond motifs is 1. The molecule has 1 aliphatic rings. The molecule has 8 nitrogen and oxygen atoms in total. The molecule has 0 aliphatic carbocycles. The topological polar surface area (TPSA) is 86.6 Å². The van der Waals surface area contributed by atoms with Crippen molar-refractivity contribution >= 4 is 22.0 Å². The van der Waals surface area contributed by atoms with Crippen molar-refractivity contribution < 1.29 is 14.3 Å². The number of nitrogens with zero attached hydrogens (tertiary/aromatic N) is 4. The van der Waals surface area contributed by atoms with E-state index in [1.165, 1.54) is 10.7 Å². The molecule has 2 aromatic heterocycles. The van der Waals surface area contributed by atoms with Crippen molar-refractivity contribution in [2.24, 2.45) is 0 Å². The zero-order valence-corrected chi connectivity index (χ0v) is 21.0. The van der Waals surface area contributed by atoms with Crippen LogP contribution < -0.4 is 10.3 Å². The van der Waals surface area contributed by atoms with Crippen LogP contribution in [0.25, 0.3) is 0 Å². The van der Waals surface area contributed by atoms with E-state index in [1.54, 1.807) is 17.3 Å². The van der Waals surface area contributed by atoms with E-state index in [0.29, 0.717) is 31.8 Å². The summed E-state index contributed by atoms with van der Waals surface area (Å²) in [6.45, 7) is 7.36. The molecule has 178 valence electrons. The van der Waals surface area contributed by atoms with E-state index in [0.717, 1.165) is 26.9 Å². The van der Waals surface area contributed by atoms with Gasteiger partial charge in [0, 0.05) is 36.4 Å². The molecule has 9 heteroatoms. The van der Waals surface area contributed by atoms with Crippen molar-refractivity contribution in [3.05, 3.63) is 86.0 Å². The fraction of sp³-hybridized carbons (Fsp3) is 0.360. The number of amides is 1. The van der Waals surface area contributed by atoms with Crippen molar-refractivity contribution in [1.29, 1.82) is 0 Å². The van der Waals surface area contributed by atoms with Crippen molar-refractivity contribution in [2.75, 3.05) is 0 Å². The molecule has 0 saturated carbocycles. The number of hydrogen-bond acceptors (Lipinski definition) is 6. The number of hydrogen-bond donors (Lipinski definition) is 0. The summed E-state index contributed by atoms with van der Waals surface area (Å²) >= 11 is 3.34. The summed E-state index contributed by atoms with van der Waals surface area (Å²) in [5.74, 6) is 0.408. The number of carbonyl (C=O) groups is 1. The maximum absolute atomic E-state index is 12.5. The van der Waals surface area contributed by atoms with E-state index in [9.17, 15) is 9.59 Å². The van der Waals surface area contributed by atoms with Gasteiger partial charge in [0.2, 0.25) is 0 Å². The third kappa shape index (κ3) is 6.22. The van der Waals surface area contributed by atoms with Crippen LogP contribution in [-0.2, 0) is 37.4 Å². The van der Waals surface area contributed by atoms with Crippen molar-refractivity contribution in [3.8, 4) is 5.75 Å². The molecule has 3 heterocycles. The first kappa shape index (κ1) is 23.9. The molecular formula is C25H27BrN4O4. The first-order valence-corrected chi connectivity index (χ1v) is 11.8. The van der Waals surface area contributed by atoms with Crippen LogP contribution in [0.4, 0.5) is 4.79 Å². The lowest BCUT2D eigenvalue weighted by Crippen LogP contribution is -2.33. The SMILES string of the molecule is CC(C)(C)OC(=O)N1Cc2ccc(CCn3ncc(OCc4ccc(Br)cn4)cc3=O)cc2C1. The molecule has 34 heavy (non-hydrogen) atoms. The van der Waals surface area contributed by atoms with Gasteiger partial charge in [-0.15, -0.1) is 0 Å². The van der Waals surface area contributed by atoms with E-state index in [4.69, 9.17) is 9.47 Å². The van der Waals surface area contributed by atoms with Gasteiger partial charge in [0.15, 0.2) is 0 Å². The van der Waals surface area contributed by atoms with E-state index in [-0.39, 0.29) is 18.3 Å². The molecule has 4 rings (SSSR count). The number of aromatic nitrogens is 3.